The van der Waals surface area contributed by atoms with Gasteiger partial charge in [-0.05, 0) is 31.6 Å². The first-order valence-corrected chi connectivity index (χ1v) is 11.7. The van der Waals surface area contributed by atoms with E-state index >= 15 is 0 Å². The second-order valence-electron chi connectivity index (χ2n) is 8.83. The van der Waals surface area contributed by atoms with Crippen LogP contribution >= 0.6 is 0 Å². The van der Waals surface area contributed by atoms with E-state index in [9.17, 15) is 9.59 Å². The third-order valence-electron chi connectivity index (χ3n) is 6.38. The maximum atomic E-state index is 12.8. The summed E-state index contributed by atoms with van der Waals surface area (Å²) in [5.74, 6) is 0.463. The van der Waals surface area contributed by atoms with Gasteiger partial charge in [-0.2, -0.15) is 5.10 Å². The van der Waals surface area contributed by atoms with Crippen LogP contribution in [0.25, 0.3) is 22.0 Å². The van der Waals surface area contributed by atoms with Crippen molar-refractivity contribution in [2.75, 3.05) is 44.8 Å². The lowest BCUT2D eigenvalue weighted by molar-refractivity contribution is -0.135. The standard InChI is InChI=1S/C26H31N7O3/c1-18(2)26(19(3)30(4)16-25(35)32-8-10-36-11-9-32)33(17-34)24-7-6-20(12-28-24)21-13-27-15-23-22(21)14-29-31(23)5/h6-7,12-15,17H,1,8-11,16H2,2-5H3/b26-19-. The summed E-state index contributed by atoms with van der Waals surface area (Å²) >= 11 is 0. The number of nitrogens with zero attached hydrogens (tertiary/aromatic N) is 7. The maximum Gasteiger partial charge on any atom is 0.242 e. The predicted molar refractivity (Wildman–Crippen MR) is 138 cm³/mol. The van der Waals surface area contributed by atoms with Crippen LogP contribution in [0.3, 0.4) is 0 Å². The molecular formula is C26H31N7O3. The number of likely N-dealkylation sites (N-methyl/N-ethyl adjacent to an activating group) is 1. The van der Waals surface area contributed by atoms with Crippen LogP contribution in [-0.4, -0.2) is 81.8 Å². The van der Waals surface area contributed by atoms with E-state index in [0.717, 1.165) is 34.1 Å². The number of fused-ring (bicyclic) bond motifs is 1. The molecule has 0 radical (unpaired) electrons. The molecule has 36 heavy (non-hydrogen) atoms. The summed E-state index contributed by atoms with van der Waals surface area (Å²) in [6.07, 6.45) is 7.79. The highest BCUT2D eigenvalue weighted by Crippen LogP contribution is 2.29. The second kappa shape index (κ2) is 10.7. The molecule has 0 atom stereocenters. The number of hydrogen-bond acceptors (Lipinski definition) is 7. The number of morpholine rings is 1. The van der Waals surface area contributed by atoms with E-state index in [-0.39, 0.29) is 12.5 Å². The Morgan fingerprint density at radius 1 is 1.17 bits per heavy atom. The lowest BCUT2D eigenvalue weighted by atomic mass is 10.1. The van der Waals surface area contributed by atoms with Gasteiger partial charge < -0.3 is 14.5 Å². The molecule has 188 valence electrons. The number of aryl methyl sites for hydroxylation is 1. The van der Waals surface area contributed by atoms with Crippen LogP contribution in [0.4, 0.5) is 5.82 Å². The van der Waals surface area contributed by atoms with Gasteiger partial charge >= 0.3 is 0 Å². The maximum absolute atomic E-state index is 12.8. The zero-order valence-corrected chi connectivity index (χ0v) is 21.1. The van der Waals surface area contributed by atoms with Crippen molar-refractivity contribution in [3.8, 4) is 11.1 Å². The fourth-order valence-corrected chi connectivity index (χ4v) is 4.30. The number of hydrogen-bond donors (Lipinski definition) is 0. The first-order valence-electron chi connectivity index (χ1n) is 11.7. The molecule has 0 N–H and O–H groups in total. The SMILES string of the molecule is C=C(C)/C(=C(\C)N(C)CC(=O)N1CCOCC1)N(C=O)c1ccc(-c2cncc3c2cnn3C)cn1. The van der Waals surface area contributed by atoms with Crippen LogP contribution in [0, 0.1) is 0 Å². The van der Waals surface area contributed by atoms with Gasteiger partial charge in [0.2, 0.25) is 12.3 Å². The summed E-state index contributed by atoms with van der Waals surface area (Å²) < 4.78 is 7.11. The summed E-state index contributed by atoms with van der Waals surface area (Å²) in [6.45, 7) is 10.2. The number of allylic oxidation sites excluding steroid dienone is 2. The Labute approximate surface area is 210 Å². The number of ether oxygens (including phenoxy) is 1. The van der Waals surface area contributed by atoms with E-state index in [2.05, 4.69) is 21.6 Å². The van der Waals surface area contributed by atoms with Crippen molar-refractivity contribution >= 4 is 29.0 Å². The van der Waals surface area contributed by atoms with Crippen molar-refractivity contribution in [2.24, 2.45) is 7.05 Å². The second-order valence-corrected chi connectivity index (χ2v) is 8.83. The molecule has 2 amide bonds. The minimum atomic E-state index is 0.0135. The molecule has 0 bridgehead atoms. The Kier molecular flexibility index (Phi) is 7.44. The van der Waals surface area contributed by atoms with Crippen LogP contribution in [0.1, 0.15) is 13.8 Å². The topological polar surface area (TPSA) is 96.7 Å². The molecule has 0 unspecified atom stereocenters. The highest BCUT2D eigenvalue weighted by atomic mass is 16.5. The quantitative estimate of drug-likeness (QED) is 0.354. The van der Waals surface area contributed by atoms with Gasteiger partial charge in [0, 0.05) is 61.8 Å². The zero-order chi connectivity index (χ0) is 25.8. The third kappa shape index (κ3) is 4.99. The highest BCUT2D eigenvalue weighted by Gasteiger charge is 2.22. The van der Waals surface area contributed by atoms with Gasteiger partial charge in [-0.1, -0.05) is 6.58 Å². The van der Waals surface area contributed by atoms with E-state index in [0.29, 0.717) is 43.4 Å². The average molecular weight is 490 g/mol. The van der Waals surface area contributed by atoms with Gasteiger partial charge in [-0.25, -0.2) is 4.98 Å². The van der Waals surface area contributed by atoms with Gasteiger partial charge in [0.05, 0.1) is 43.4 Å². The summed E-state index contributed by atoms with van der Waals surface area (Å²) in [5, 5.41) is 5.29. The lowest BCUT2D eigenvalue weighted by Crippen LogP contribution is -2.45. The lowest BCUT2D eigenvalue weighted by Gasteiger charge is -2.31. The molecule has 0 spiro atoms. The fraction of sp³-hybridized carbons (Fsp3) is 0.346. The number of aromatic nitrogens is 4. The summed E-state index contributed by atoms with van der Waals surface area (Å²) in [5.41, 5.74) is 4.71. The van der Waals surface area contributed by atoms with Crippen molar-refractivity contribution < 1.29 is 14.3 Å². The number of carbonyl (C=O) groups excluding carboxylic acids is 2. The summed E-state index contributed by atoms with van der Waals surface area (Å²) in [7, 11) is 3.70. The normalized spacial score (nSPS) is 14.4. The van der Waals surface area contributed by atoms with Gasteiger partial charge in [-0.15, -0.1) is 0 Å². The van der Waals surface area contributed by atoms with Crippen LogP contribution in [-0.2, 0) is 21.4 Å². The summed E-state index contributed by atoms with van der Waals surface area (Å²) in [4.78, 5) is 39.0. The molecule has 4 heterocycles. The number of pyridine rings is 2. The molecule has 0 saturated carbocycles. The molecule has 3 aromatic heterocycles. The Hall–Kier alpha value is -4.05. The molecule has 3 aromatic rings. The van der Waals surface area contributed by atoms with Gasteiger partial charge in [0.25, 0.3) is 0 Å². The third-order valence-corrected chi connectivity index (χ3v) is 6.38. The smallest absolute Gasteiger partial charge is 0.242 e. The summed E-state index contributed by atoms with van der Waals surface area (Å²) in [6, 6.07) is 3.69. The molecule has 1 saturated heterocycles. The number of rotatable bonds is 8. The van der Waals surface area contributed by atoms with Gasteiger partial charge in [-0.3, -0.25) is 24.2 Å². The van der Waals surface area contributed by atoms with E-state index in [1.54, 1.807) is 40.4 Å². The van der Waals surface area contributed by atoms with Crippen molar-refractivity contribution in [2.45, 2.75) is 13.8 Å². The molecule has 4 rings (SSSR count). The number of carbonyl (C=O) groups is 2. The fourth-order valence-electron chi connectivity index (χ4n) is 4.30. The average Bonchev–Trinajstić information content (AvgIpc) is 3.28. The minimum Gasteiger partial charge on any atom is -0.378 e. The number of amides is 2. The van der Waals surface area contributed by atoms with E-state index in [1.165, 1.54) is 4.90 Å². The van der Waals surface area contributed by atoms with Crippen LogP contribution in [0.2, 0.25) is 0 Å². The molecule has 10 nitrogen and oxygen atoms in total. The van der Waals surface area contributed by atoms with Crippen LogP contribution in [0.5, 0.6) is 0 Å². The molecule has 0 aliphatic carbocycles. The molecular weight excluding hydrogens is 458 g/mol. The van der Waals surface area contributed by atoms with Crippen LogP contribution < -0.4 is 4.90 Å². The molecule has 10 heteroatoms. The van der Waals surface area contributed by atoms with E-state index in [4.69, 9.17) is 4.74 Å². The van der Waals surface area contributed by atoms with Crippen LogP contribution in [0.15, 0.2) is 60.5 Å². The Morgan fingerprint density at radius 3 is 2.56 bits per heavy atom. The van der Waals surface area contributed by atoms with Gasteiger partial charge in [0.15, 0.2) is 0 Å². The first-order chi connectivity index (χ1) is 17.3. The van der Waals surface area contributed by atoms with Gasteiger partial charge in [0.1, 0.15) is 5.82 Å². The Morgan fingerprint density at radius 2 is 1.92 bits per heavy atom. The van der Waals surface area contributed by atoms with E-state index < -0.39 is 0 Å². The monoisotopic (exact) mass is 489 g/mol. The molecule has 1 aliphatic heterocycles. The number of anilines is 1. The van der Waals surface area contributed by atoms with Crippen molar-refractivity contribution in [1.29, 1.82) is 0 Å². The van der Waals surface area contributed by atoms with Crippen molar-refractivity contribution in [3.63, 3.8) is 0 Å². The zero-order valence-electron chi connectivity index (χ0n) is 21.1. The Bertz CT molecular complexity index is 1310. The van der Waals surface area contributed by atoms with E-state index in [1.807, 2.05) is 38.9 Å². The molecule has 1 aliphatic rings. The van der Waals surface area contributed by atoms with Crippen molar-refractivity contribution in [3.05, 3.63) is 60.5 Å². The Balaban J connectivity index is 1.60. The molecule has 1 fully saturated rings. The molecule has 0 aromatic carbocycles. The largest absolute Gasteiger partial charge is 0.378 e. The van der Waals surface area contributed by atoms with Crippen molar-refractivity contribution in [1.82, 2.24) is 29.5 Å². The highest BCUT2D eigenvalue weighted by molar-refractivity contribution is 5.93. The first kappa shape index (κ1) is 25.1. The predicted octanol–water partition coefficient (Wildman–Crippen LogP) is 2.59. The minimum absolute atomic E-state index is 0.0135.